The predicted molar refractivity (Wildman–Crippen MR) is 150 cm³/mol. The number of halogens is 1. The fourth-order valence-electron chi connectivity index (χ4n) is 3.33. The van der Waals surface area contributed by atoms with E-state index in [1.807, 2.05) is 56.3 Å². The van der Waals surface area contributed by atoms with E-state index in [-0.39, 0.29) is 4.32 Å². The monoisotopic (exact) mass is 582 g/mol. The highest BCUT2D eigenvalue weighted by molar-refractivity contribution is 9.10. The maximum atomic E-state index is 13.0. The standard InChI is InChI=1S/C27H23BrN2O4S2/c1-3-33-23-14-19(8-13-22(23)34-16-18-6-4-17(2)5-7-18)15-24-26(32)30(27(35)36-24)29-25(31)20-9-11-21(28)12-10-20/h4-15H,3,16H2,1-2H3,(H,29,31)/b24-15-. The van der Waals surface area contributed by atoms with Crippen molar-refractivity contribution in [3.63, 3.8) is 0 Å². The zero-order valence-corrected chi connectivity index (χ0v) is 22.8. The zero-order chi connectivity index (χ0) is 25.7. The van der Waals surface area contributed by atoms with Gasteiger partial charge in [0.05, 0.1) is 11.5 Å². The maximum absolute atomic E-state index is 13.0. The summed E-state index contributed by atoms with van der Waals surface area (Å²) in [5, 5.41) is 1.10. The van der Waals surface area contributed by atoms with Crippen molar-refractivity contribution in [3.8, 4) is 11.5 Å². The number of nitrogens with one attached hydrogen (secondary N) is 1. The molecule has 0 aliphatic carbocycles. The molecule has 1 fully saturated rings. The second kappa shape index (κ2) is 11.7. The Morgan fingerprint density at radius 2 is 1.78 bits per heavy atom. The van der Waals surface area contributed by atoms with Crippen LogP contribution in [0.5, 0.6) is 11.5 Å². The van der Waals surface area contributed by atoms with Gasteiger partial charge >= 0.3 is 0 Å². The van der Waals surface area contributed by atoms with Gasteiger partial charge in [-0.3, -0.25) is 15.0 Å². The highest BCUT2D eigenvalue weighted by Gasteiger charge is 2.33. The Kier molecular flexibility index (Phi) is 8.45. The largest absolute Gasteiger partial charge is 0.490 e. The van der Waals surface area contributed by atoms with E-state index in [1.165, 1.54) is 5.56 Å². The Hall–Kier alpha value is -3.14. The van der Waals surface area contributed by atoms with Crippen LogP contribution in [0.2, 0.25) is 0 Å². The molecule has 1 heterocycles. The molecular formula is C27H23BrN2O4S2. The van der Waals surface area contributed by atoms with Gasteiger partial charge in [-0.2, -0.15) is 5.01 Å². The van der Waals surface area contributed by atoms with Crippen LogP contribution in [-0.4, -0.2) is 27.8 Å². The molecule has 9 heteroatoms. The molecule has 36 heavy (non-hydrogen) atoms. The predicted octanol–water partition coefficient (Wildman–Crippen LogP) is 6.28. The van der Waals surface area contributed by atoms with Crippen molar-refractivity contribution in [2.75, 3.05) is 6.61 Å². The minimum atomic E-state index is -0.422. The van der Waals surface area contributed by atoms with Crippen LogP contribution in [0.25, 0.3) is 6.08 Å². The van der Waals surface area contributed by atoms with E-state index in [0.717, 1.165) is 32.4 Å². The molecule has 0 atom stereocenters. The summed E-state index contributed by atoms with van der Waals surface area (Å²) in [4.78, 5) is 25.9. The molecule has 3 aromatic rings. The van der Waals surface area contributed by atoms with Crippen LogP contribution in [0.4, 0.5) is 0 Å². The van der Waals surface area contributed by atoms with Crippen molar-refractivity contribution < 1.29 is 19.1 Å². The quantitative estimate of drug-likeness (QED) is 0.249. The van der Waals surface area contributed by atoms with Crippen LogP contribution in [-0.2, 0) is 11.4 Å². The highest BCUT2D eigenvalue weighted by Crippen LogP contribution is 2.34. The fraction of sp³-hybridized carbons (Fsp3) is 0.148. The van der Waals surface area contributed by atoms with Gasteiger partial charge < -0.3 is 9.47 Å². The summed E-state index contributed by atoms with van der Waals surface area (Å²) < 4.78 is 12.9. The molecule has 0 unspecified atom stereocenters. The van der Waals surface area contributed by atoms with E-state index in [1.54, 1.807) is 30.3 Å². The maximum Gasteiger partial charge on any atom is 0.285 e. The summed E-state index contributed by atoms with van der Waals surface area (Å²) in [5.41, 5.74) is 6.00. The summed E-state index contributed by atoms with van der Waals surface area (Å²) in [7, 11) is 0. The molecule has 0 bridgehead atoms. The Morgan fingerprint density at radius 3 is 2.47 bits per heavy atom. The second-order valence-corrected chi connectivity index (χ2v) is 10.5. The molecule has 0 saturated carbocycles. The summed E-state index contributed by atoms with van der Waals surface area (Å²) in [6.07, 6.45) is 1.72. The molecule has 1 saturated heterocycles. The first kappa shape index (κ1) is 25.9. The minimum Gasteiger partial charge on any atom is -0.490 e. The molecule has 4 rings (SSSR count). The number of ether oxygens (including phenoxy) is 2. The van der Waals surface area contributed by atoms with Gasteiger partial charge in [0, 0.05) is 10.0 Å². The van der Waals surface area contributed by atoms with Crippen LogP contribution in [0.15, 0.2) is 76.1 Å². The number of thioether (sulfide) groups is 1. The number of hydrogen-bond donors (Lipinski definition) is 1. The summed E-state index contributed by atoms with van der Waals surface area (Å²) in [6, 6.07) is 20.5. The van der Waals surface area contributed by atoms with E-state index in [0.29, 0.717) is 35.2 Å². The van der Waals surface area contributed by atoms with E-state index in [4.69, 9.17) is 21.7 Å². The molecule has 184 valence electrons. The first-order chi connectivity index (χ1) is 17.3. The van der Waals surface area contributed by atoms with Gasteiger partial charge in [-0.25, -0.2) is 0 Å². The third kappa shape index (κ3) is 6.34. The number of hydrazine groups is 1. The van der Waals surface area contributed by atoms with Crippen LogP contribution in [0, 0.1) is 6.92 Å². The van der Waals surface area contributed by atoms with Crippen molar-refractivity contribution in [2.45, 2.75) is 20.5 Å². The number of nitrogens with zero attached hydrogens (tertiary/aromatic N) is 1. The van der Waals surface area contributed by atoms with Crippen molar-refractivity contribution in [1.29, 1.82) is 0 Å². The Morgan fingerprint density at radius 1 is 1.06 bits per heavy atom. The van der Waals surface area contributed by atoms with Crippen molar-refractivity contribution in [2.24, 2.45) is 0 Å². The van der Waals surface area contributed by atoms with E-state index >= 15 is 0 Å². The second-order valence-electron chi connectivity index (χ2n) is 7.88. The fourth-order valence-corrected chi connectivity index (χ4v) is 4.77. The van der Waals surface area contributed by atoms with Gasteiger partial charge in [0.25, 0.3) is 11.8 Å². The number of amides is 2. The number of carbonyl (C=O) groups is 2. The minimum absolute atomic E-state index is 0.250. The van der Waals surface area contributed by atoms with E-state index in [2.05, 4.69) is 21.4 Å². The molecule has 0 aromatic heterocycles. The molecule has 0 radical (unpaired) electrons. The van der Waals surface area contributed by atoms with Crippen LogP contribution >= 0.6 is 39.9 Å². The number of hydrogen-bond acceptors (Lipinski definition) is 6. The van der Waals surface area contributed by atoms with Gasteiger partial charge in [0.2, 0.25) is 0 Å². The van der Waals surface area contributed by atoms with Crippen molar-refractivity contribution >= 4 is 62.1 Å². The molecule has 3 aromatic carbocycles. The van der Waals surface area contributed by atoms with Crippen molar-refractivity contribution in [1.82, 2.24) is 10.4 Å². The Bertz CT molecular complexity index is 1320. The van der Waals surface area contributed by atoms with Crippen LogP contribution in [0.3, 0.4) is 0 Å². The number of carbonyl (C=O) groups excluding carboxylic acids is 2. The third-order valence-corrected chi connectivity index (χ3v) is 7.02. The van der Waals surface area contributed by atoms with E-state index < -0.39 is 11.8 Å². The topological polar surface area (TPSA) is 67.9 Å². The SMILES string of the molecule is CCOc1cc(/C=C2\SC(=S)N(NC(=O)c3ccc(Br)cc3)C2=O)ccc1OCc1ccc(C)cc1. The lowest BCUT2D eigenvalue weighted by atomic mass is 10.1. The molecule has 1 aliphatic rings. The lowest BCUT2D eigenvalue weighted by Crippen LogP contribution is -2.44. The van der Waals surface area contributed by atoms with Gasteiger partial charge in [0.15, 0.2) is 15.8 Å². The molecule has 6 nitrogen and oxygen atoms in total. The molecule has 2 amide bonds. The van der Waals surface area contributed by atoms with E-state index in [9.17, 15) is 9.59 Å². The highest BCUT2D eigenvalue weighted by atomic mass is 79.9. The van der Waals surface area contributed by atoms with Gasteiger partial charge in [-0.05, 0) is 79.7 Å². The first-order valence-electron chi connectivity index (χ1n) is 11.1. The number of rotatable bonds is 8. The Balaban J connectivity index is 1.48. The normalized spacial score (nSPS) is 14.3. The van der Waals surface area contributed by atoms with Crippen molar-refractivity contribution in [3.05, 3.63) is 98.4 Å². The lowest BCUT2D eigenvalue weighted by Gasteiger charge is -2.15. The molecule has 1 N–H and O–H groups in total. The number of thiocarbonyl (C=S) groups is 1. The third-order valence-electron chi connectivity index (χ3n) is 5.19. The zero-order valence-electron chi connectivity index (χ0n) is 19.6. The van der Waals surface area contributed by atoms with Crippen LogP contribution in [0.1, 0.15) is 34.0 Å². The first-order valence-corrected chi connectivity index (χ1v) is 13.2. The smallest absolute Gasteiger partial charge is 0.285 e. The number of aryl methyl sites for hydroxylation is 1. The molecular weight excluding hydrogens is 560 g/mol. The van der Waals surface area contributed by atoms with Gasteiger partial charge in [-0.15, -0.1) is 0 Å². The van der Waals surface area contributed by atoms with Crippen LogP contribution < -0.4 is 14.9 Å². The van der Waals surface area contributed by atoms with Gasteiger partial charge in [0.1, 0.15) is 6.61 Å². The van der Waals surface area contributed by atoms with Gasteiger partial charge in [-0.1, -0.05) is 63.6 Å². The number of benzene rings is 3. The molecule has 0 spiro atoms. The lowest BCUT2D eigenvalue weighted by molar-refractivity contribution is -0.123. The average molecular weight is 584 g/mol. The summed E-state index contributed by atoms with van der Waals surface area (Å²) >= 11 is 9.80. The summed E-state index contributed by atoms with van der Waals surface area (Å²) in [6.45, 7) is 4.82. The molecule has 1 aliphatic heterocycles. The Labute approximate surface area is 227 Å². The summed E-state index contributed by atoms with van der Waals surface area (Å²) in [5.74, 6) is 0.378. The average Bonchev–Trinajstić information content (AvgIpc) is 3.12.